The van der Waals surface area contributed by atoms with Crippen LogP contribution in [0, 0.1) is 19.3 Å². The van der Waals surface area contributed by atoms with E-state index in [0.717, 1.165) is 17.1 Å². The molecule has 5 nitrogen and oxygen atoms in total. The Bertz CT molecular complexity index is 502. The maximum atomic E-state index is 12.0. The molecule has 0 aromatic carbocycles. The quantitative estimate of drug-likeness (QED) is 0.840. The van der Waals surface area contributed by atoms with Gasteiger partial charge in [0.1, 0.15) is 11.5 Å². The number of amides is 1. The number of carboxylic acid groups (broad SMARTS) is 1. The molecular formula is C15H23NO4. The van der Waals surface area contributed by atoms with Crippen LogP contribution in [-0.4, -0.2) is 17.0 Å². The van der Waals surface area contributed by atoms with E-state index in [1.54, 1.807) is 13.8 Å². The third-order valence-corrected chi connectivity index (χ3v) is 3.19. The normalized spacial score (nSPS) is 13.1. The summed E-state index contributed by atoms with van der Waals surface area (Å²) >= 11 is 0. The number of aryl methyl sites for hydroxylation is 2. The Kier molecular flexibility index (Phi) is 4.98. The maximum absolute atomic E-state index is 12.0. The summed E-state index contributed by atoms with van der Waals surface area (Å²) in [6, 6.07) is 1.75. The Morgan fingerprint density at radius 3 is 2.40 bits per heavy atom. The van der Waals surface area contributed by atoms with Gasteiger partial charge in [-0.3, -0.25) is 9.59 Å². The van der Waals surface area contributed by atoms with Crippen LogP contribution in [0.2, 0.25) is 0 Å². The predicted molar refractivity (Wildman–Crippen MR) is 75.4 cm³/mol. The lowest BCUT2D eigenvalue weighted by Crippen LogP contribution is -2.32. The monoisotopic (exact) mass is 281 g/mol. The van der Waals surface area contributed by atoms with E-state index in [-0.39, 0.29) is 24.8 Å². The zero-order valence-corrected chi connectivity index (χ0v) is 12.7. The fourth-order valence-corrected chi connectivity index (χ4v) is 2.36. The molecule has 0 fully saturated rings. The molecule has 1 aromatic rings. The van der Waals surface area contributed by atoms with Gasteiger partial charge in [-0.1, -0.05) is 13.8 Å². The van der Waals surface area contributed by atoms with Crippen molar-refractivity contribution < 1.29 is 19.1 Å². The summed E-state index contributed by atoms with van der Waals surface area (Å²) in [7, 11) is 0. The molecular weight excluding hydrogens is 258 g/mol. The van der Waals surface area contributed by atoms with Crippen LogP contribution in [0.15, 0.2) is 10.5 Å². The number of hydrogen-bond acceptors (Lipinski definition) is 3. The van der Waals surface area contributed by atoms with Crippen LogP contribution >= 0.6 is 0 Å². The van der Waals surface area contributed by atoms with Gasteiger partial charge >= 0.3 is 5.97 Å². The Labute approximate surface area is 119 Å². The standard InChI is InChI=1S/C15H23NO4/c1-9-6-12(11(3)20-9)10(2)16-13(17)7-15(4,5)8-14(18)19/h6,10H,7-8H2,1-5H3,(H,16,17)(H,18,19). The van der Waals surface area contributed by atoms with Crippen molar-refractivity contribution in [2.75, 3.05) is 0 Å². The summed E-state index contributed by atoms with van der Waals surface area (Å²) in [5.74, 6) is 0.559. The van der Waals surface area contributed by atoms with Crippen molar-refractivity contribution >= 4 is 11.9 Å². The number of nitrogens with one attached hydrogen (secondary N) is 1. The minimum Gasteiger partial charge on any atom is -0.481 e. The third-order valence-electron chi connectivity index (χ3n) is 3.19. The largest absolute Gasteiger partial charge is 0.481 e. The fourth-order valence-electron chi connectivity index (χ4n) is 2.36. The Balaban J connectivity index is 2.62. The van der Waals surface area contributed by atoms with Gasteiger partial charge in [-0.25, -0.2) is 0 Å². The van der Waals surface area contributed by atoms with E-state index in [4.69, 9.17) is 9.52 Å². The van der Waals surface area contributed by atoms with Crippen LogP contribution in [-0.2, 0) is 9.59 Å². The number of carbonyl (C=O) groups excluding carboxylic acids is 1. The Hall–Kier alpha value is -1.78. The lowest BCUT2D eigenvalue weighted by molar-refractivity contribution is -0.139. The van der Waals surface area contributed by atoms with Crippen LogP contribution in [0.4, 0.5) is 0 Å². The molecule has 1 aromatic heterocycles. The van der Waals surface area contributed by atoms with Crippen molar-refractivity contribution in [2.24, 2.45) is 5.41 Å². The lowest BCUT2D eigenvalue weighted by Gasteiger charge is -2.23. The molecule has 0 spiro atoms. The maximum Gasteiger partial charge on any atom is 0.303 e. The molecule has 5 heteroatoms. The third kappa shape index (κ3) is 4.72. The highest BCUT2D eigenvalue weighted by Gasteiger charge is 2.26. The topological polar surface area (TPSA) is 79.5 Å². The molecule has 0 radical (unpaired) electrons. The smallest absolute Gasteiger partial charge is 0.303 e. The molecule has 0 aliphatic heterocycles. The number of carbonyl (C=O) groups is 2. The lowest BCUT2D eigenvalue weighted by atomic mass is 9.85. The first kappa shape index (κ1) is 16.3. The molecule has 1 unspecified atom stereocenters. The SMILES string of the molecule is Cc1cc(C(C)NC(=O)CC(C)(C)CC(=O)O)c(C)o1. The van der Waals surface area contributed by atoms with E-state index < -0.39 is 11.4 Å². The minimum absolute atomic E-state index is 0.0291. The van der Waals surface area contributed by atoms with Crippen LogP contribution in [0.1, 0.15) is 56.7 Å². The zero-order chi connectivity index (χ0) is 15.5. The summed E-state index contributed by atoms with van der Waals surface area (Å²) in [5.41, 5.74) is 0.392. The average Bonchev–Trinajstić information content (AvgIpc) is 2.54. The molecule has 20 heavy (non-hydrogen) atoms. The second kappa shape index (κ2) is 6.11. The van der Waals surface area contributed by atoms with E-state index >= 15 is 0 Å². The second-order valence-corrected chi connectivity index (χ2v) is 6.07. The molecule has 0 aliphatic rings. The van der Waals surface area contributed by atoms with E-state index in [1.807, 2.05) is 26.8 Å². The Morgan fingerprint density at radius 1 is 1.35 bits per heavy atom. The predicted octanol–water partition coefficient (Wildman–Crippen LogP) is 2.96. The van der Waals surface area contributed by atoms with Gasteiger partial charge in [-0.2, -0.15) is 0 Å². The Morgan fingerprint density at radius 2 is 1.95 bits per heavy atom. The number of carboxylic acids is 1. The van der Waals surface area contributed by atoms with E-state index in [2.05, 4.69) is 5.32 Å². The van der Waals surface area contributed by atoms with E-state index in [1.165, 1.54) is 0 Å². The first-order valence-electron chi connectivity index (χ1n) is 6.69. The van der Waals surface area contributed by atoms with Gasteiger partial charge < -0.3 is 14.8 Å². The number of rotatable bonds is 6. The van der Waals surface area contributed by atoms with Crippen molar-refractivity contribution in [3.8, 4) is 0 Å². The molecule has 0 bridgehead atoms. The van der Waals surface area contributed by atoms with Crippen molar-refractivity contribution in [1.82, 2.24) is 5.32 Å². The second-order valence-electron chi connectivity index (χ2n) is 6.07. The first-order valence-corrected chi connectivity index (χ1v) is 6.69. The zero-order valence-electron chi connectivity index (χ0n) is 12.7. The van der Waals surface area contributed by atoms with Gasteiger partial charge in [0.15, 0.2) is 0 Å². The summed E-state index contributed by atoms with van der Waals surface area (Å²) in [6.07, 6.45) is 0.151. The van der Waals surface area contributed by atoms with E-state index in [0.29, 0.717) is 0 Å². The van der Waals surface area contributed by atoms with Crippen LogP contribution in [0.25, 0.3) is 0 Å². The first-order chi connectivity index (χ1) is 9.10. The van der Waals surface area contributed by atoms with Gasteiger partial charge in [0.2, 0.25) is 5.91 Å². The van der Waals surface area contributed by atoms with Gasteiger partial charge in [0.25, 0.3) is 0 Å². The molecule has 2 N–H and O–H groups in total. The summed E-state index contributed by atoms with van der Waals surface area (Å²) in [4.78, 5) is 22.8. The molecule has 0 aliphatic carbocycles. The van der Waals surface area contributed by atoms with Crippen LogP contribution in [0.5, 0.6) is 0 Å². The van der Waals surface area contributed by atoms with Gasteiger partial charge in [0, 0.05) is 12.0 Å². The molecule has 0 saturated heterocycles. The molecule has 1 rings (SSSR count). The highest BCUT2D eigenvalue weighted by Crippen LogP contribution is 2.26. The summed E-state index contributed by atoms with van der Waals surface area (Å²) < 4.78 is 5.44. The van der Waals surface area contributed by atoms with E-state index in [9.17, 15) is 9.59 Å². The summed E-state index contributed by atoms with van der Waals surface area (Å²) in [5, 5.41) is 11.7. The van der Waals surface area contributed by atoms with Crippen molar-refractivity contribution in [1.29, 1.82) is 0 Å². The fraction of sp³-hybridized carbons (Fsp3) is 0.600. The van der Waals surface area contributed by atoms with Crippen molar-refractivity contribution in [2.45, 2.75) is 53.5 Å². The number of hydrogen-bond donors (Lipinski definition) is 2. The molecule has 112 valence electrons. The average molecular weight is 281 g/mol. The molecule has 0 saturated carbocycles. The van der Waals surface area contributed by atoms with Gasteiger partial charge in [0.05, 0.1) is 12.5 Å². The van der Waals surface area contributed by atoms with Gasteiger partial charge in [-0.05, 0) is 32.3 Å². The highest BCUT2D eigenvalue weighted by molar-refractivity contribution is 5.78. The number of aliphatic carboxylic acids is 1. The van der Waals surface area contributed by atoms with Crippen LogP contribution < -0.4 is 5.32 Å². The summed E-state index contributed by atoms with van der Waals surface area (Å²) in [6.45, 7) is 9.16. The molecule has 1 amide bonds. The van der Waals surface area contributed by atoms with Crippen LogP contribution in [0.3, 0.4) is 0 Å². The minimum atomic E-state index is -0.892. The van der Waals surface area contributed by atoms with Crippen molar-refractivity contribution in [3.05, 3.63) is 23.2 Å². The van der Waals surface area contributed by atoms with Crippen molar-refractivity contribution in [3.63, 3.8) is 0 Å². The molecule has 1 heterocycles. The number of furan rings is 1. The van der Waals surface area contributed by atoms with Gasteiger partial charge in [-0.15, -0.1) is 0 Å². The molecule has 1 atom stereocenters. The highest BCUT2D eigenvalue weighted by atomic mass is 16.4.